The number of Topliss-reactive ketones (excluding diaryl/α,β-unsaturated/α-hetero) is 1. The van der Waals surface area contributed by atoms with Crippen LogP contribution in [0.25, 0.3) is 22.4 Å². The number of primary amides is 1. The van der Waals surface area contributed by atoms with E-state index in [1.54, 1.807) is 27.7 Å². The summed E-state index contributed by atoms with van der Waals surface area (Å²) in [6.07, 6.45) is 9.00. The summed E-state index contributed by atoms with van der Waals surface area (Å²) in [4.78, 5) is 37.1. The number of nitrogens with two attached hydrogens (primary N) is 2. The fourth-order valence-electron chi connectivity index (χ4n) is 5.47. The highest BCUT2D eigenvalue weighted by atomic mass is 16.6. The standard InChI is InChI=1S/C25H27N5O.C14H27NO2.C5H11NO2.CH5N/c1-25(2,24-27-29-30-28-24)15-9-10-16-31-23-18-21(19-11-5-3-6-12-19)17-22(26-23)20-13-7-4-8-14-20;1-4-5-6-10-14(17)15-11-8-7-9-12(2)13(3)16;1-5(2,3)8-4(6)7;1-2/h3-8,11-14,17-18H,9-10,15-16H2,1-2H3,(H,27,28,29,30);12H,4-11H2,1-3H3,(H,15,17);1-3H3,(H2,6,7);2H2,1H3. The Morgan fingerprint density at radius 1 is 0.828 bits per heavy atom. The number of benzene rings is 2. The van der Waals surface area contributed by atoms with Crippen LogP contribution in [0.1, 0.15) is 125 Å². The zero-order chi connectivity index (χ0) is 43.4. The van der Waals surface area contributed by atoms with Gasteiger partial charge in [-0.2, -0.15) is 5.21 Å². The molecule has 0 spiro atoms. The van der Waals surface area contributed by atoms with Crippen molar-refractivity contribution in [3.05, 3.63) is 78.6 Å². The van der Waals surface area contributed by atoms with E-state index in [4.69, 9.17) is 15.5 Å². The number of unbranched alkanes of at least 4 members (excludes halogenated alkanes) is 4. The highest BCUT2D eigenvalue weighted by Crippen LogP contribution is 2.29. The topological polar surface area (TPSA) is 201 Å². The summed E-state index contributed by atoms with van der Waals surface area (Å²) in [5.74, 6) is 1.98. The minimum absolute atomic E-state index is 0.112. The number of ketones is 1. The van der Waals surface area contributed by atoms with Gasteiger partial charge in [-0.15, -0.1) is 10.2 Å². The Kier molecular flexibility index (Phi) is 24.8. The zero-order valence-corrected chi connectivity index (χ0v) is 36.5. The molecule has 4 aromatic rings. The molecule has 2 aromatic heterocycles. The Labute approximate surface area is 346 Å². The number of hydrogen-bond donors (Lipinski definition) is 4. The normalized spacial score (nSPS) is 11.3. The van der Waals surface area contributed by atoms with E-state index >= 15 is 0 Å². The van der Waals surface area contributed by atoms with Crippen LogP contribution in [0.3, 0.4) is 0 Å². The molecule has 0 saturated heterocycles. The van der Waals surface area contributed by atoms with Crippen LogP contribution in [0, 0.1) is 5.92 Å². The lowest BCUT2D eigenvalue weighted by atomic mass is 9.86. The fraction of sp³-hybridized carbons (Fsp3) is 0.533. The number of rotatable bonds is 19. The molecule has 0 saturated carbocycles. The van der Waals surface area contributed by atoms with E-state index in [2.05, 4.69) is 87.5 Å². The summed E-state index contributed by atoms with van der Waals surface area (Å²) in [6, 6.07) is 24.7. The number of pyridine rings is 1. The lowest BCUT2D eigenvalue weighted by Crippen LogP contribution is -2.27. The van der Waals surface area contributed by atoms with Gasteiger partial charge in [-0.1, -0.05) is 113 Å². The molecule has 2 aromatic carbocycles. The summed E-state index contributed by atoms with van der Waals surface area (Å²) in [6.45, 7) is 16.6. The van der Waals surface area contributed by atoms with Crippen LogP contribution in [-0.2, 0) is 19.7 Å². The molecule has 1 atom stereocenters. The molecule has 0 fully saturated rings. The van der Waals surface area contributed by atoms with Crippen LogP contribution in [0.2, 0.25) is 0 Å². The third-order valence-corrected chi connectivity index (χ3v) is 8.87. The molecule has 0 aliphatic rings. The number of nitrogens with zero attached hydrogens (tertiary/aromatic N) is 4. The Bertz CT molecular complexity index is 1640. The molecular formula is C45H70N8O5. The average molecular weight is 803 g/mol. The molecule has 2 amide bonds. The van der Waals surface area contributed by atoms with Crippen LogP contribution in [0.15, 0.2) is 72.8 Å². The predicted octanol–water partition coefficient (Wildman–Crippen LogP) is 8.99. The van der Waals surface area contributed by atoms with Crippen molar-refractivity contribution >= 4 is 17.8 Å². The molecule has 0 aliphatic carbocycles. The number of ether oxygens (including phenoxy) is 2. The molecular weight excluding hydrogens is 733 g/mol. The summed E-state index contributed by atoms with van der Waals surface area (Å²) in [5, 5.41) is 17.4. The van der Waals surface area contributed by atoms with Gasteiger partial charge in [-0.25, -0.2) is 9.78 Å². The van der Waals surface area contributed by atoms with Crippen molar-refractivity contribution < 1.29 is 23.9 Å². The van der Waals surface area contributed by atoms with Crippen molar-refractivity contribution in [2.75, 3.05) is 20.2 Å². The highest BCUT2D eigenvalue weighted by molar-refractivity contribution is 5.77. The Hall–Kier alpha value is -5.17. The molecule has 1 unspecified atom stereocenters. The van der Waals surface area contributed by atoms with Crippen LogP contribution >= 0.6 is 0 Å². The first-order valence-corrected chi connectivity index (χ1v) is 20.4. The molecule has 13 heteroatoms. The van der Waals surface area contributed by atoms with Crippen LogP contribution in [-0.4, -0.2) is 69.2 Å². The van der Waals surface area contributed by atoms with Crippen molar-refractivity contribution in [2.24, 2.45) is 17.4 Å². The van der Waals surface area contributed by atoms with Crippen LogP contribution < -0.4 is 21.5 Å². The SMILES string of the molecule is CC(C)(C)OC(N)=O.CC(C)(CCCCOc1cc(-c2ccccc2)cc(-c2ccccc2)n1)c1nn[nH]n1.CCCCCC(=O)NCCCCC(C)C(C)=O.CN. The number of H-pyrrole nitrogens is 1. The van der Waals surface area contributed by atoms with E-state index in [0.717, 1.165) is 92.5 Å². The first-order chi connectivity index (χ1) is 27.6. The Morgan fingerprint density at radius 3 is 2.00 bits per heavy atom. The molecule has 0 radical (unpaired) electrons. The van der Waals surface area contributed by atoms with Gasteiger partial charge in [0.1, 0.15) is 11.4 Å². The molecule has 320 valence electrons. The first-order valence-electron chi connectivity index (χ1n) is 20.4. The second-order valence-electron chi connectivity index (χ2n) is 15.6. The summed E-state index contributed by atoms with van der Waals surface area (Å²) >= 11 is 0. The third-order valence-electron chi connectivity index (χ3n) is 8.87. The molecule has 58 heavy (non-hydrogen) atoms. The smallest absolute Gasteiger partial charge is 0.405 e. The number of hydrogen-bond acceptors (Lipinski definition) is 10. The molecule has 0 aliphatic heterocycles. The molecule has 4 rings (SSSR count). The number of amides is 2. The maximum atomic E-state index is 11.4. The third kappa shape index (κ3) is 22.5. The number of aromatic amines is 1. The van der Waals surface area contributed by atoms with Gasteiger partial charge in [-0.05, 0) is 90.5 Å². The van der Waals surface area contributed by atoms with E-state index in [9.17, 15) is 14.4 Å². The van der Waals surface area contributed by atoms with Gasteiger partial charge >= 0.3 is 6.09 Å². The van der Waals surface area contributed by atoms with Crippen LogP contribution in [0.4, 0.5) is 4.79 Å². The fourth-order valence-corrected chi connectivity index (χ4v) is 5.47. The number of carbonyl (C=O) groups is 3. The number of nitrogens with one attached hydrogen (secondary N) is 2. The molecule has 2 heterocycles. The van der Waals surface area contributed by atoms with Crippen molar-refractivity contribution in [1.29, 1.82) is 0 Å². The Morgan fingerprint density at radius 2 is 1.47 bits per heavy atom. The van der Waals surface area contributed by atoms with E-state index in [1.165, 1.54) is 7.05 Å². The first kappa shape index (κ1) is 50.8. The summed E-state index contributed by atoms with van der Waals surface area (Å²) in [7, 11) is 1.50. The van der Waals surface area contributed by atoms with E-state index < -0.39 is 11.7 Å². The highest BCUT2D eigenvalue weighted by Gasteiger charge is 2.24. The van der Waals surface area contributed by atoms with E-state index in [0.29, 0.717) is 18.9 Å². The second kappa shape index (κ2) is 28.3. The minimum Gasteiger partial charge on any atom is -0.478 e. The number of carbonyl (C=O) groups excluding carboxylic acids is 3. The van der Waals surface area contributed by atoms with Gasteiger partial charge in [0.25, 0.3) is 0 Å². The van der Waals surface area contributed by atoms with Gasteiger partial charge in [0.05, 0.1) is 12.3 Å². The van der Waals surface area contributed by atoms with Crippen LogP contribution in [0.5, 0.6) is 5.88 Å². The van der Waals surface area contributed by atoms with E-state index in [-0.39, 0.29) is 23.0 Å². The Balaban J connectivity index is 0.000000524. The maximum Gasteiger partial charge on any atom is 0.405 e. The summed E-state index contributed by atoms with van der Waals surface area (Å²) < 4.78 is 10.7. The quantitative estimate of drug-likeness (QED) is 0.0663. The average Bonchev–Trinajstić information content (AvgIpc) is 3.75. The van der Waals surface area contributed by atoms with Crippen molar-refractivity contribution in [1.82, 2.24) is 30.9 Å². The molecule has 13 nitrogen and oxygen atoms in total. The van der Waals surface area contributed by atoms with Gasteiger partial charge < -0.3 is 26.3 Å². The van der Waals surface area contributed by atoms with Gasteiger partial charge in [-0.3, -0.25) is 9.59 Å². The lowest BCUT2D eigenvalue weighted by Gasteiger charge is -2.19. The zero-order valence-electron chi connectivity index (χ0n) is 36.5. The molecule has 0 bridgehead atoms. The van der Waals surface area contributed by atoms with E-state index in [1.807, 2.05) is 49.4 Å². The second-order valence-corrected chi connectivity index (χ2v) is 15.6. The summed E-state index contributed by atoms with van der Waals surface area (Å²) in [5.41, 5.74) is 12.9. The minimum atomic E-state index is -0.725. The van der Waals surface area contributed by atoms with Gasteiger partial charge in [0.15, 0.2) is 5.82 Å². The van der Waals surface area contributed by atoms with Crippen molar-refractivity contribution in [3.8, 4) is 28.3 Å². The largest absolute Gasteiger partial charge is 0.478 e. The maximum absolute atomic E-state index is 11.4. The van der Waals surface area contributed by atoms with Gasteiger partial charge in [0, 0.05) is 35.9 Å². The molecule has 6 N–H and O–H groups in total. The number of tetrazole rings is 1. The van der Waals surface area contributed by atoms with Gasteiger partial charge in [0.2, 0.25) is 11.8 Å². The van der Waals surface area contributed by atoms with Crippen molar-refractivity contribution in [3.63, 3.8) is 0 Å². The lowest BCUT2D eigenvalue weighted by molar-refractivity contribution is -0.122. The monoisotopic (exact) mass is 803 g/mol. The predicted molar refractivity (Wildman–Crippen MR) is 233 cm³/mol. The number of aromatic nitrogens is 5. The van der Waals surface area contributed by atoms with Crippen molar-refractivity contribution in [2.45, 2.75) is 131 Å².